The Balaban J connectivity index is 1.72. The van der Waals surface area contributed by atoms with Gasteiger partial charge in [-0.15, -0.1) is 0 Å². The minimum Gasteiger partial charge on any atom is -0.494 e. The lowest BCUT2D eigenvalue weighted by Crippen LogP contribution is -2.23. The number of carbonyl (C=O) groups is 2. The van der Waals surface area contributed by atoms with Crippen LogP contribution in [-0.4, -0.2) is 30.4 Å². The molecule has 1 aromatic carbocycles. The maximum Gasteiger partial charge on any atom is 0.220 e. The van der Waals surface area contributed by atoms with Gasteiger partial charge < -0.3 is 14.8 Å². The van der Waals surface area contributed by atoms with Crippen molar-refractivity contribution in [2.75, 3.05) is 13.7 Å². The lowest BCUT2D eigenvalue weighted by Gasteiger charge is -2.08. The fraction of sp³-hybridized carbons (Fsp3) is 0.409. The van der Waals surface area contributed by atoms with Gasteiger partial charge in [-0.05, 0) is 42.3 Å². The number of ether oxygens (including phenoxy) is 2. The quantitative estimate of drug-likeness (QED) is 0.443. The van der Waals surface area contributed by atoms with E-state index in [1.807, 2.05) is 0 Å². The summed E-state index contributed by atoms with van der Waals surface area (Å²) in [5.41, 5.74) is 1.48. The molecule has 1 heterocycles. The largest absolute Gasteiger partial charge is 0.494 e. The third kappa shape index (κ3) is 7.39. The Morgan fingerprint density at radius 3 is 2.57 bits per heavy atom. The van der Waals surface area contributed by atoms with E-state index in [4.69, 9.17) is 9.47 Å². The number of Topliss-reactive ketones (excluding diaryl/α,β-unsaturated/α-hetero) is 1. The van der Waals surface area contributed by atoms with Crippen molar-refractivity contribution < 1.29 is 19.1 Å². The number of nitrogens with one attached hydrogen (secondary N) is 1. The van der Waals surface area contributed by atoms with E-state index in [-0.39, 0.29) is 24.5 Å². The van der Waals surface area contributed by atoms with Crippen LogP contribution < -0.4 is 14.8 Å². The Morgan fingerprint density at radius 2 is 1.86 bits per heavy atom. The van der Waals surface area contributed by atoms with Crippen LogP contribution in [0.2, 0.25) is 0 Å². The summed E-state index contributed by atoms with van der Waals surface area (Å²) in [5.74, 6) is 1.04. The van der Waals surface area contributed by atoms with Gasteiger partial charge in [-0.1, -0.05) is 19.8 Å². The van der Waals surface area contributed by atoms with Gasteiger partial charge in [0.1, 0.15) is 5.75 Å². The average molecular weight is 384 g/mol. The number of aromatic nitrogens is 1. The van der Waals surface area contributed by atoms with Gasteiger partial charge in [0.05, 0.1) is 13.7 Å². The first-order chi connectivity index (χ1) is 13.6. The summed E-state index contributed by atoms with van der Waals surface area (Å²) in [5, 5.41) is 2.81. The van der Waals surface area contributed by atoms with Gasteiger partial charge in [0.2, 0.25) is 11.8 Å². The SMILES string of the molecule is CCCCCOc1ccc(C(=O)CCC(=O)NCc2ccnc(OC)c2)cc1. The predicted molar refractivity (Wildman–Crippen MR) is 108 cm³/mol. The van der Waals surface area contributed by atoms with Crippen molar-refractivity contribution >= 4 is 11.7 Å². The summed E-state index contributed by atoms with van der Waals surface area (Å²) in [4.78, 5) is 28.3. The number of benzene rings is 1. The van der Waals surface area contributed by atoms with E-state index in [1.54, 1.807) is 49.7 Å². The Hall–Kier alpha value is -2.89. The third-order valence-corrected chi connectivity index (χ3v) is 4.27. The van der Waals surface area contributed by atoms with Crippen molar-refractivity contribution in [1.29, 1.82) is 0 Å². The maximum absolute atomic E-state index is 12.3. The highest BCUT2D eigenvalue weighted by molar-refractivity contribution is 5.98. The Bertz CT molecular complexity index is 759. The average Bonchev–Trinajstić information content (AvgIpc) is 2.74. The van der Waals surface area contributed by atoms with Crippen LogP contribution >= 0.6 is 0 Å². The summed E-state index contributed by atoms with van der Waals surface area (Å²) in [7, 11) is 1.54. The topological polar surface area (TPSA) is 77.5 Å². The van der Waals surface area contributed by atoms with Crippen LogP contribution in [0.1, 0.15) is 54.9 Å². The first-order valence-electron chi connectivity index (χ1n) is 9.64. The van der Waals surface area contributed by atoms with E-state index >= 15 is 0 Å². The Morgan fingerprint density at radius 1 is 1.07 bits per heavy atom. The summed E-state index contributed by atoms with van der Waals surface area (Å²) >= 11 is 0. The number of pyridine rings is 1. The summed E-state index contributed by atoms with van der Waals surface area (Å²) < 4.78 is 10.7. The molecule has 0 unspecified atom stereocenters. The molecule has 1 N–H and O–H groups in total. The molecule has 0 atom stereocenters. The first-order valence-corrected chi connectivity index (χ1v) is 9.64. The second-order valence-corrected chi connectivity index (χ2v) is 6.49. The van der Waals surface area contributed by atoms with Gasteiger partial charge in [0, 0.05) is 37.2 Å². The number of carbonyl (C=O) groups excluding carboxylic acids is 2. The van der Waals surface area contributed by atoms with Crippen molar-refractivity contribution in [3.8, 4) is 11.6 Å². The molecule has 0 bridgehead atoms. The van der Waals surface area contributed by atoms with Crippen molar-refractivity contribution in [3.63, 3.8) is 0 Å². The molecule has 28 heavy (non-hydrogen) atoms. The lowest BCUT2D eigenvalue weighted by atomic mass is 10.1. The van der Waals surface area contributed by atoms with Crippen LogP contribution in [0.15, 0.2) is 42.6 Å². The number of rotatable bonds is 12. The molecule has 0 aliphatic carbocycles. The summed E-state index contributed by atoms with van der Waals surface area (Å²) in [6, 6.07) is 10.7. The zero-order chi connectivity index (χ0) is 20.2. The van der Waals surface area contributed by atoms with Crippen LogP contribution in [-0.2, 0) is 11.3 Å². The van der Waals surface area contributed by atoms with Crippen molar-refractivity contribution in [3.05, 3.63) is 53.7 Å². The molecule has 6 nitrogen and oxygen atoms in total. The van der Waals surface area contributed by atoms with Crippen molar-refractivity contribution in [2.45, 2.75) is 45.6 Å². The van der Waals surface area contributed by atoms with Crippen LogP contribution in [0.4, 0.5) is 0 Å². The first kappa shape index (κ1) is 21.4. The van der Waals surface area contributed by atoms with Crippen molar-refractivity contribution in [1.82, 2.24) is 10.3 Å². The number of methoxy groups -OCH3 is 1. The molecular formula is C22H28N2O4. The lowest BCUT2D eigenvalue weighted by molar-refractivity contribution is -0.121. The zero-order valence-electron chi connectivity index (χ0n) is 16.6. The van der Waals surface area contributed by atoms with Gasteiger partial charge in [-0.2, -0.15) is 0 Å². The van der Waals surface area contributed by atoms with Gasteiger partial charge in [-0.3, -0.25) is 9.59 Å². The number of nitrogens with zero attached hydrogens (tertiary/aromatic N) is 1. The molecule has 2 aromatic rings. The molecule has 0 fully saturated rings. The summed E-state index contributed by atoms with van der Waals surface area (Å²) in [6.07, 6.45) is 5.27. The van der Waals surface area contributed by atoms with E-state index in [2.05, 4.69) is 17.2 Å². The number of unbranched alkanes of at least 4 members (excludes halogenated alkanes) is 2. The van der Waals surface area contributed by atoms with Gasteiger partial charge in [0.15, 0.2) is 5.78 Å². The molecular weight excluding hydrogens is 356 g/mol. The van der Waals surface area contributed by atoms with Crippen LogP contribution in [0, 0.1) is 0 Å². The fourth-order valence-corrected chi connectivity index (χ4v) is 2.61. The molecule has 2 rings (SSSR count). The molecule has 0 radical (unpaired) electrons. The number of hydrogen-bond acceptors (Lipinski definition) is 5. The van der Waals surface area contributed by atoms with Crippen LogP contribution in [0.5, 0.6) is 11.6 Å². The van der Waals surface area contributed by atoms with Crippen molar-refractivity contribution in [2.24, 2.45) is 0 Å². The standard InChI is InChI=1S/C22H28N2O4/c1-3-4-5-14-28-19-8-6-18(7-9-19)20(25)10-11-21(26)24-16-17-12-13-23-22(15-17)27-2/h6-9,12-13,15H,3-5,10-11,14,16H2,1-2H3,(H,24,26). The minimum atomic E-state index is -0.167. The van der Waals surface area contributed by atoms with Gasteiger partial charge in [0.25, 0.3) is 0 Å². The number of amides is 1. The fourth-order valence-electron chi connectivity index (χ4n) is 2.61. The Kier molecular flexibility index (Phi) is 8.98. The highest BCUT2D eigenvalue weighted by Gasteiger charge is 2.10. The Labute approximate surface area is 166 Å². The maximum atomic E-state index is 12.3. The second-order valence-electron chi connectivity index (χ2n) is 6.49. The highest BCUT2D eigenvalue weighted by Crippen LogP contribution is 2.15. The molecule has 0 aliphatic rings. The second kappa shape index (κ2) is 11.7. The number of hydrogen-bond donors (Lipinski definition) is 1. The predicted octanol–water partition coefficient (Wildman–Crippen LogP) is 3.94. The molecule has 0 saturated carbocycles. The summed E-state index contributed by atoms with van der Waals surface area (Å²) in [6.45, 7) is 3.21. The molecule has 0 spiro atoms. The third-order valence-electron chi connectivity index (χ3n) is 4.27. The molecule has 1 amide bonds. The van der Waals surface area contributed by atoms with Crippen LogP contribution in [0.3, 0.4) is 0 Å². The molecule has 0 aliphatic heterocycles. The van der Waals surface area contributed by atoms with Crippen LogP contribution in [0.25, 0.3) is 0 Å². The number of ketones is 1. The van der Waals surface area contributed by atoms with E-state index in [9.17, 15) is 9.59 Å². The smallest absolute Gasteiger partial charge is 0.220 e. The molecule has 150 valence electrons. The minimum absolute atomic E-state index is 0.0572. The van der Waals surface area contributed by atoms with E-state index in [1.165, 1.54) is 0 Å². The van der Waals surface area contributed by atoms with Gasteiger partial charge >= 0.3 is 0 Å². The van der Waals surface area contributed by atoms with E-state index in [0.717, 1.165) is 30.6 Å². The molecule has 6 heteroatoms. The normalized spacial score (nSPS) is 10.4. The molecule has 1 aromatic heterocycles. The molecule has 0 saturated heterocycles. The van der Waals surface area contributed by atoms with Gasteiger partial charge in [-0.25, -0.2) is 4.98 Å². The monoisotopic (exact) mass is 384 g/mol. The van der Waals surface area contributed by atoms with E-state index in [0.29, 0.717) is 24.6 Å². The highest BCUT2D eigenvalue weighted by atomic mass is 16.5. The van der Waals surface area contributed by atoms with E-state index < -0.39 is 0 Å². The zero-order valence-corrected chi connectivity index (χ0v) is 16.6.